The molecular weight excluding hydrogens is 411 g/mol. The Morgan fingerprint density at radius 2 is 2.04 bits per heavy atom. The fourth-order valence-corrected chi connectivity index (χ4v) is 3.34. The fraction of sp³-hybridized carbons (Fsp3) is 0.900. The van der Waals surface area contributed by atoms with E-state index in [9.17, 15) is 24.8 Å². The van der Waals surface area contributed by atoms with Gasteiger partial charge in [0.1, 0.15) is 24.5 Å². The molecule has 2 saturated heterocycles. The van der Waals surface area contributed by atoms with Crippen LogP contribution in [0.25, 0.3) is 0 Å². The summed E-state index contributed by atoms with van der Waals surface area (Å²) >= 11 is 0. The quantitative estimate of drug-likeness (QED) is 0.180. The Labute approximate surface area is 198 Å². The first kappa shape index (κ1) is 28.3. The van der Waals surface area contributed by atoms with Gasteiger partial charge in [0.25, 0.3) is 7.82 Å². The predicted octanol–water partition coefficient (Wildman–Crippen LogP) is -12.7. The Balaban J connectivity index is 0.00000225. The summed E-state index contributed by atoms with van der Waals surface area (Å²) in [5, 5.41) is 37.7. The van der Waals surface area contributed by atoms with E-state index in [0.717, 1.165) is 0 Å². The van der Waals surface area contributed by atoms with Gasteiger partial charge in [-0.15, -0.1) is 0 Å². The summed E-state index contributed by atoms with van der Waals surface area (Å²) in [6, 6.07) is -0.688. The van der Waals surface area contributed by atoms with Gasteiger partial charge in [-0.3, -0.25) is 25.9 Å². The first-order chi connectivity index (χ1) is 11.2. The molecule has 8 atom stereocenters. The van der Waals surface area contributed by atoms with Crippen molar-refractivity contribution in [2.75, 3.05) is 13.3 Å². The molecule has 4 unspecified atom stereocenters. The van der Waals surface area contributed by atoms with Gasteiger partial charge < -0.3 is 39.8 Å². The summed E-state index contributed by atoms with van der Waals surface area (Å²) in [6.45, 7) is -0.527. The van der Waals surface area contributed by atoms with Crippen LogP contribution in [-0.4, -0.2) is 87.7 Å². The largest absolute Gasteiger partial charge is 1.00 e. The minimum absolute atomic E-state index is 0. The Bertz CT molecular complexity index is 571. The zero-order valence-electron chi connectivity index (χ0n) is 14.8. The monoisotopic (exact) mass is 431 g/mol. The Hall–Kier alpha value is 1.26. The Morgan fingerprint density at radius 1 is 1.41 bits per heavy atom. The van der Waals surface area contributed by atoms with E-state index in [-0.39, 0.29) is 71.3 Å². The normalized spacial score (nSPS) is 40.6. The van der Waals surface area contributed by atoms with E-state index in [2.05, 4.69) is 20.1 Å². The molecule has 146 valence electrons. The smallest absolute Gasteiger partial charge is 0.861 e. The van der Waals surface area contributed by atoms with Crippen molar-refractivity contribution in [3.05, 3.63) is 0 Å². The second-order valence-corrected chi connectivity index (χ2v) is 6.88. The molecule has 3 aliphatic rings. The number of nitrogens with zero attached hydrogens (tertiary/aromatic N) is 2. The predicted molar refractivity (Wildman–Crippen MR) is 76.0 cm³/mol. The zero-order valence-corrected chi connectivity index (χ0v) is 19.7. The summed E-state index contributed by atoms with van der Waals surface area (Å²) in [6.07, 6.45) is -6.61. The number of ether oxygens (including phenoxy) is 1. The van der Waals surface area contributed by atoms with Crippen molar-refractivity contribution in [1.29, 1.82) is 0 Å². The number of phosphoric ester groups is 1. The van der Waals surface area contributed by atoms with Gasteiger partial charge in [-0.25, -0.2) is 4.90 Å². The molecule has 0 saturated carbocycles. The molecule has 0 aromatic rings. The number of rotatable bonds is 4. The maximum Gasteiger partial charge on any atom is 1.00 e. The molecule has 0 amide bonds. The van der Waals surface area contributed by atoms with Crippen molar-refractivity contribution >= 4 is 13.7 Å². The van der Waals surface area contributed by atoms with E-state index >= 15 is 0 Å². The molecule has 0 aromatic heterocycles. The number of hydrogen-bond donors (Lipinski definition) is 6. The molecule has 9 N–H and O–H groups in total. The van der Waals surface area contributed by atoms with Gasteiger partial charge in [0.2, 0.25) is 0 Å². The van der Waals surface area contributed by atoms with Crippen LogP contribution in [0.15, 0.2) is 4.99 Å². The van der Waals surface area contributed by atoms with E-state index < -0.39 is 63.4 Å². The van der Waals surface area contributed by atoms with Crippen LogP contribution in [0.5, 0.6) is 0 Å². The number of aliphatic imine (C=N–C) groups is 1. The SMILES string of the molecule is NC1N=C([O-])C2NCN([C@@H]3O[C@H](COP(=O)([O-])O)[C@@H](O)[C@H]3O)C2N1.O.[Na+].[Na+]. The van der Waals surface area contributed by atoms with Gasteiger partial charge in [0.05, 0.1) is 25.5 Å². The van der Waals surface area contributed by atoms with Crippen LogP contribution in [-0.2, 0) is 13.8 Å². The number of aliphatic hydroxyl groups excluding tert-OH is 2. The van der Waals surface area contributed by atoms with Gasteiger partial charge in [-0.1, -0.05) is 0 Å². The van der Waals surface area contributed by atoms with Crippen LogP contribution in [0.3, 0.4) is 0 Å². The molecule has 17 heteroatoms. The second-order valence-electron chi connectivity index (χ2n) is 5.69. The Kier molecular flexibility index (Phi) is 11.6. The topological polar surface area (TPSA) is 240 Å². The van der Waals surface area contributed by atoms with E-state index in [0.29, 0.717) is 0 Å². The molecule has 3 rings (SSSR count). The van der Waals surface area contributed by atoms with Gasteiger partial charge in [-0.05, 0) is 5.90 Å². The second kappa shape index (κ2) is 11.0. The van der Waals surface area contributed by atoms with Crippen molar-refractivity contribution < 1.29 is 104 Å². The first-order valence-corrected chi connectivity index (χ1v) is 8.62. The number of phosphoric acid groups is 1. The van der Waals surface area contributed by atoms with Crippen LogP contribution in [0, 0.1) is 0 Å². The molecule has 0 aromatic carbocycles. The first-order valence-electron chi connectivity index (χ1n) is 7.13. The van der Waals surface area contributed by atoms with Crippen molar-refractivity contribution in [1.82, 2.24) is 15.5 Å². The third-order valence-corrected chi connectivity index (χ3v) is 4.58. The van der Waals surface area contributed by atoms with Crippen molar-refractivity contribution in [3.63, 3.8) is 0 Å². The number of nitrogens with one attached hydrogen (secondary N) is 2. The molecule has 3 heterocycles. The third-order valence-electron chi connectivity index (χ3n) is 4.11. The number of hydrogen-bond acceptors (Lipinski definition) is 12. The van der Waals surface area contributed by atoms with Crippen molar-refractivity contribution in [2.45, 2.75) is 43.0 Å². The van der Waals surface area contributed by atoms with Gasteiger partial charge in [0, 0.05) is 0 Å². The number of nitrogens with two attached hydrogens (primary N) is 1. The van der Waals surface area contributed by atoms with Gasteiger partial charge in [-0.2, -0.15) is 0 Å². The van der Waals surface area contributed by atoms with E-state index in [1.807, 2.05) is 0 Å². The Morgan fingerprint density at radius 3 is 2.63 bits per heavy atom. The summed E-state index contributed by atoms with van der Waals surface area (Å²) < 4.78 is 20.3. The molecular formula is C10H20N5Na2O9P. The fourth-order valence-electron chi connectivity index (χ4n) is 3.01. The molecule has 2 fully saturated rings. The van der Waals surface area contributed by atoms with Gasteiger partial charge in [0.15, 0.2) is 6.29 Å². The molecule has 0 spiro atoms. The van der Waals surface area contributed by atoms with Crippen LogP contribution in [0.4, 0.5) is 0 Å². The standard InChI is InChI=1S/C10H20N5O8P.2Na.H2O/c11-10-13-7-4(8(18)14-10)12-2-15(7)9-6(17)5(16)3(23-9)1-22-24(19,20)21;;;/h3-7,9-10,12-13,16-17H,1-2,11H2,(H,14,18)(H2,19,20,21);;;1H2/q;2*+1;/p-2/t3-,4?,5-,6-,7?,9-,10?;;;/m1.../s1. The van der Waals surface area contributed by atoms with Crippen molar-refractivity contribution in [3.8, 4) is 0 Å². The van der Waals surface area contributed by atoms with Gasteiger partial charge >= 0.3 is 59.1 Å². The number of aliphatic hydroxyl groups is 2. The summed E-state index contributed by atoms with van der Waals surface area (Å²) in [5.41, 5.74) is 5.61. The molecule has 27 heavy (non-hydrogen) atoms. The number of fused-ring (bicyclic) bond motifs is 1. The molecule has 0 bridgehead atoms. The molecule has 0 aliphatic carbocycles. The van der Waals surface area contributed by atoms with Crippen LogP contribution >= 0.6 is 7.82 Å². The van der Waals surface area contributed by atoms with Crippen molar-refractivity contribution in [2.24, 2.45) is 10.7 Å². The maximum atomic E-state index is 11.8. The molecule has 0 radical (unpaired) electrons. The average molecular weight is 431 g/mol. The van der Waals surface area contributed by atoms with E-state index in [4.69, 9.17) is 15.4 Å². The van der Waals surface area contributed by atoms with Crippen LogP contribution in [0.1, 0.15) is 0 Å². The third kappa shape index (κ3) is 6.37. The summed E-state index contributed by atoms with van der Waals surface area (Å²) in [7, 11) is -4.98. The summed E-state index contributed by atoms with van der Waals surface area (Å²) in [4.78, 5) is 24.4. The maximum absolute atomic E-state index is 11.8. The minimum Gasteiger partial charge on any atom is -0.861 e. The van der Waals surface area contributed by atoms with E-state index in [1.165, 1.54) is 4.90 Å². The van der Waals surface area contributed by atoms with E-state index in [1.54, 1.807) is 0 Å². The zero-order chi connectivity index (χ0) is 17.6. The summed E-state index contributed by atoms with van der Waals surface area (Å²) in [5.74, 6) is -0.450. The van der Waals surface area contributed by atoms with Crippen LogP contribution < -0.4 is 85.5 Å². The molecule has 3 aliphatic heterocycles. The average Bonchev–Trinajstić information content (AvgIpc) is 3.00. The molecule has 14 nitrogen and oxygen atoms in total. The van der Waals surface area contributed by atoms with Crippen LogP contribution in [0.2, 0.25) is 0 Å². The minimum atomic E-state index is -4.98.